The molecular formula is C19H25N3O7S. The van der Waals surface area contributed by atoms with Crippen LogP contribution in [0.1, 0.15) is 46.0 Å². The van der Waals surface area contributed by atoms with Crippen molar-refractivity contribution in [2.75, 3.05) is 6.61 Å². The zero-order valence-electron chi connectivity index (χ0n) is 16.9. The Morgan fingerprint density at radius 2 is 1.93 bits per heavy atom. The van der Waals surface area contributed by atoms with Gasteiger partial charge in [-0.05, 0) is 38.7 Å². The van der Waals surface area contributed by atoms with Crippen LogP contribution in [0.15, 0.2) is 34.2 Å². The van der Waals surface area contributed by atoms with E-state index in [1.807, 2.05) is 0 Å². The van der Waals surface area contributed by atoms with Crippen LogP contribution in [0, 0.1) is 16.0 Å². The number of carbonyl (C=O) groups is 1. The number of hydrogen-bond acceptors (Lipinski definition) is 7. The van der Waals surface area contributed by atoms with E-state index in [4.69, 9.17) is 4.74 Å². The highest BCUT2D eigenvalue weighted by atomic mass is 32.2. The van der Waals surface area contributed by atoms with E-state index in [9.17, 15) is 28.4 Å². The number of hydrogen-bond donors (Lipinski definition) is 1. The number of carboxylic acids is 1. The van der Waals surface area contributed by atoms with Gasteiger partial charge in [0.2, 0.25) is 0 Å². The molecule has 1 N–H and O–H groups in total. The lowest BCUT2D eigenvalue weighted by Crippen LogP contribution is -2.52. The summed E-state index contributed by atoms with van der Waals surface area (Å²) in [4.78, 5) is 26.7. The van der Waals surface area contributed by atoms with Crippen molar-refractivity contribution in [3.05, 3.63) is 34.4 Å². The molecule has 1 aromatic carbocycles. The highest BCUT2D eigenvalue weighted by Gasteiger charge is 2.48. The van der Waals surface area contributed by atoms with Gasteiger partial charge in [0.25, 0.3) is 15.7 Å². The van der Waals surface area contributed by atoms with E-state index in [-0.39, 0.29) is 12.6 Å². The van der Waals surface area contributed by atoms with E-state index in [1.165, 1.54) is 12.1 Å². The first-order valence-corrected chi connectivity index (χ1v) is 11.2. The summed E-state index contributed by atoms with van der Waals surface area (Å²) < 4.78 is 33.5. The molecule has 0 amide bonds. The molecule has 164 valence electrons. The van der Waals surface area contributed by atoms with Gasteiger partial charge in [0.05, 0.1) is 10.5 Å². The van der Waals surface area contributed by atoms with Crippen molar-refractivity contribution in [3.63, 3.8) is 0 Å². The molecule has 0 aromatic heterocycles. The van der Waals surface area contributed by atoms with E-state index in [0.717, 1.165) is 31.4 Å². The highest BCUT2D eigenvalue weighted by Crippen LogP contribution is 2.36. The number of ether oxygens (including phenoxy) is 1. The van der Waals surface area contributed by atoms with E-state index in [2.05, 4.69) is 4.99 Å². The van der Waals surface area contributed by atoms with Crippen molar-refractivity contribution in [2.24, 2.45) is 10.9 Å². The second kappa shape index (κ2) is 8.21. The van der Waals surface area contributed by atoms with Crippen LogP contribution in [-0.4, -0.2) is 52.9 Å². The number of amidine groups is 1. The molecule has 1 aromatic rings. The number of aliphatic carboxylic acids is 1. The summed E-state index contributed by atoms with van der Waals surface area (Å²) in [6, 6.07) is 3.07. The average molecular weight is 439 g/mol. The summed E-state index contributed by atoms with van der Waals surface area (Å²) >= 11 is 0. The van der Waals surface area contributed by atoms with Crippen LogP contribution in [0.3, 0.4) is 0 Å². The summed E-state index contributed by atoms with van der Waals surface area (Å²) in [5, 5.41) is 21.5. The minimum absolute atomic E-state index is 0.0717. The molecule has 1 aliphatic carbocycles. The lowest BCUT2D eigenvalue weighted by molar-refractivity contribution is -0.387. The normalized spacial score (nSPS) is 20.1. The van der Waals surface area contributed by atoms with Gasteiger partial charge in [0, 0.05) is 6.07 Å². The molecule has 0 unspecified atom stereocenters. The van der Waals surface area contributed by atoms with Gasteiger partial charge in [-0.2, -0.15) is 0 Å². The van der Waals surface area contributed by atoms with Crippen LogP contribution in [0.5, 0.6) is 0 Å². The average Bonchev–Trinajstić information content (AvgIpc) is 3.05. The first-order chi connectivity index (χ1) is 14.0. The third kappa shape index (κ3) is 4.25. The largest absolute Gasteiger partial charge is 0.480 e. The van der Waals surface area contributed by atoms with Crippen LogP contribution in [0.2, 0.25) is 0 Å². The fourth-order valence-corrected chi connectivity index (χ4v) is 5.65. The highest BCUT2D eigenvalue weighted by molar-refractivity contribution is 7.89. The summed E-state index contributed by atoms with van der Waals surface area (Å²) in [7, 11) is -4.65. The first-order valence-electron chi connectivity index (χ1n) is 9.78. The first kappa shape index (κ1) is 22.0. The maximum absolute atomic E-state index is 13.6. The lowest BCUT2D eigenvalue weighted by Gasteiger charge is -2.35. The molecule has 1 aliphatic heterocycles. The van der Waals surface area contributed by atoms with Gasteiger partial charge in [-0.3, -0.25) is 10.1 Å². The second-order valence-electron chi connectivity index (χ2n) is 8.20. The Hall–Kier alpha value is -2.69. The van der Waals surface area contributed by atoms with E-state index in [1.54, 1.807) is 13.8 Å². The summed E-state index contributed by atoms with van der Waals surface area (Å²) in [6.07, 6.45) is 3.59. The fourth-order valence-electron chi connectivity index (χ4n) is 3.92. The Labute approximate surface area is 174 Å². The van der Waals surface area contributed by atoms with Crippen molar-refractivity contribution in [1.29, 1.82) is 0 Å². The van der Waals surface area contributed by atoms with E-state index in [0.29, 0.717) is 17.1 Å². The summed E-state index contributed by atoms with van der Waals surface area (Å²) in [5.74, 6) is -1.79. The number of nitrogens with zero attached hydrogens (tertiary/aromatic N) is 3. The molecule has 0 bridgehead atoms. The second-order valence-corrected chi connectivity index (χ2v) is 9.99. The third-order valence-corrected chi connectivity index (χ3v) is 7.14. The SMILES string of the molecule is CC1(C)COC(N([C@H](C(=O)O)C2CCCCC2)S(=O)(=O)c2ccccc2[N+](=O)[O-])=N1. The number of rotatable bonds is 6. The van der Waals surface area contributed by atoms with Crippen LogP contribution >= 0.6 is 0 Å². The lowest BCUT2D eigenvalue weighted by atomic mass is 9.84. The quantitative estimate of drug-likeness (QED) is 0.531. The summed E-state index contributed by atoms with van der Waals surface area (Å²) in [5.41, 5.74) is -1.38. The minimum Gasteiger partial charge on any atom is -0.480 e. The molecule has 0 saturated heterocycles. The molecule has 3 rings (SSSR count). The third-order valence-electron chi connectivity index (χ3n) is 5.34. The van der Waals surface area contributed by atoms with Crippen LogP contribution < -0.4 is 0 Å². The number of benzene rings is 1. The predicted molar refractivity (Wildman–Crippen MR) is 108 cm³/mol. The molecule has 1 heterocycles. The van der Waals surface area contributed by atoms with E-state index >= 15 is 0 Å². The number of carboxylic acid groups (broad SMARTS) is 1. The van der Waals surface area contributed by atoms with Crippen molar-refractivity contribution < 1.29 is 28.0 Å². The molecule has 2 aliphatic rings. The topological polar surface area (TPSA) is 139 Å². The number of para-hydroxylation sites is 1. The molecule has 11 heteroatoms. The molecule has 1 saturated carbocycles. The van der Waals surface area contributed by atoms with E-state index < -0.39 is 49.0 Å². The Morgan fingerprint density at radius 3 is 2.47 bits per heavy atom. The van der Waals surface area contributed by atoms with Gasteiger partial charge in [0.1, 0.15) is 12.6 Å². The Balaban J connectivity index is 2.19. The maximum atomic E-state index is 13.6. The Kier molecular flexibility index (Phi) is 6.02. The fraction of sp³-hybridized carbons (Fsp3) is 0.579. The smallest absolute Gasteiger partial charge is 0.328 e. The van der Waals surface area contributed by atoms with Gasteiger partial charge >= 0.3 is 12.0 Å². The molecule has 1 fully saturated rings. The number of nitro groups is 1. The van der Waals surface area contributed by atoms with Gasteiger partial charge in [-0.25, -0.2) is 22.5 Å². The standard InChI is InChI=1S/C19H25N3O7S/c1-19(2)12-29-18(20-19)21(16(17(23)24)13-8-4-3-5-9-13)30(27,28)15-11-7-6-10-14(15)22(25)26/h6-7,10-11,13,16H,3-5,8-9,12H2,1-2H3,(H,23,24)/t16-/m0/s1. The molecule has 1 atom stereocenters. The molecule has 0 spiro atoms. The van der Waals surface area contributed by atoms with Crippen LogP contribution in [-0.2, 0) is 19.6 Å². The zero-order valence-corrected chi connectivity index (χ0v) is 17.7. The monoisotopic (exact) mass is 439 g/mol. The van der Waals surface area contributed by atoms with Crippen molar-refractivity contribution in [2.45, 2.75) is 62.4 Å². The summed E-state index contributed by atoms with van der Waals surface area (Å²) in [6.45, 7) is 3.53. The minimum atomic E-state index is -4.65. The van der Waals surface area contributed by atoms with Crippen LogP contribution in [0.25, 0.3) is 0 Å². The van der Waals surface area contributed by atoms with Crippen molar-refractivity contribution >= 4 is 27.7 Å². The number of nitro benzene ring substituents is 1. The Bertz CT molecular complexity index is 968. The van der Waals surface area contributed by atoms with Gasteiger partial charge in [-0.15, -0.1) is 0 Å². The molecular weight excluding hydrogens is 414 g/mol. The predicted octanol–water partition coefficient (Wildman–Crippen LogP) is 2.78. The number of sulfonamides is 1. The number of aliphatic imine (C=N–C) groups is 1. The van der Waals surface area contributed by atoms with Gasteiger partial charge in [0.15, 0.2) is 4.90 Å². The van der Waals surface area contributed by atoms with Gasteiger partial charge in [-0.1, -0.05) is 31.4 Å². The van der Waals surface area contributed by atoms with Gasteiger partial charge < -0.3 is 9.84 Å². The maximum Gasteiger partial charge on any atom is 0.328 e. The molecule has 0 radical (unpaired) electrons. The van der Waals surface area contributed by atoms with Crippen molar-refractivity contribution in [3.8, 4) is 0 Å². The molecule has 10 nitrogen and oxygen atoms in total. The Morgan fingerprint density at radius 1 is 1.30 bits per heavy atom. The van der Waals surface area contributed by atoms with Crippen molar-refractivity contribution in [1.82, 2.24) is 4.31 Å². The van der Waals surface area contributed by atoms with Crippen LogP contribution in [0.4, 0.5) is 5.69 Å². The zero-order chi connectivity index (χ0) is 22.1. The molecule has 30 heavy (non-hydrogen) atoms.